The third kappa shape index (κ3) is 2.18. The average Bonchev–Trinajstić information content (AvgIpc) is 2.66. The quantitative estimate of drug-likeness (QED) is 0.809. The van der Waals surface area contributed by atoms with Gasteiger partial charge in [0.1, 0.15) is 11.2 Å². The summed E-state index contributed by atoms with van der Waals surface area (Å²) in [4.78, 5) is 11.7. The molecule has 0 aromatic heterocycles. The van der Waals surface area contributed by atoms with E-state index in [1.165, 1.54) is 12.1 Å². The lowest BCUT2D eigenvalue weighted by Gasteiger charge is -2.18. The third-order valence-electron chi connectivity index (χ3n) is 3.25. The van der Waals surface area contributed by atoms with Crippen molar-refractivity contribution >= 4 is 17.4 Å². The van der Waals surface area contributed by atoms with Crippen molar-refractivity contribution in [2.45, 2.75) is 25.7 Å². The topological polar surface area (TPSA) is 40.9 Å². The van der Waals surface area contributed by atoms with Crippen LogP contribution in [0.2, 0.25) is 5.02 Å². The van der Waals surface area contributed by atoms with Gasteiger partial charge in [0, 0.05) is 6.42 Å². The summed E-state index contributed by atoms with van der Waals surface area (Å²) in [6, 6.07) is 6.52. The van der Waals surface area contributed by atoms with Crippen molar-refractivity contribution < 1.29 is 9.18 Å². The number of Topliss-reactive ketones (excluding diaryl/α,β-unsaturated/α-hetero) is 1. The molecule has 88 valence electrons. The molecule has 4 heteroatoms. The van der Waals surface area contributed by atoms with Gasteiger partial charge in [0.25, 0.3) is 0 Å². The fraction of sp³-hybridized carbons (Fsp3) is 0.385. The lowest BCUT2D eigenvalue weighted by Crippen LogP contribution is -2.26. The first-order chi connectivity index (χ1) is 8.07. The predicted molar refractivity (Wildman–Crippen MR) is 62.0 cm³/mol. The Morgan fingerprint density at radius 1 is 1.53 bits per heavy atom. The fourth-order valence-electron chi connectivity index (χ4n) is 2.27. The van der Waals surface area contributed by atoms with Gasteiger partial charge in [-0.05, 0) is 37.0 Å². The fourth-order valence-corrected chi connectivity index (χ4v) is 2.39. The van der Waals surface area contributed by atoms with E-state index < -0.39 is 11.2 Å². The zero-order valence-electron chi connectivity index (χ0n) is 9.17. The number of hydrogen-bond donors (Lipinski definition) is 0. The van der Waals surface area contributed by atoms with Gasteiger partial charge in [0.15, 0.2) is 5.78 Å². The molecule has 1 atom stereocenters. The largest absolute Gasteiger partial charge is 0.298 e. The summed E-state index contributed by atoms with van der Waals surface area (Å²) >= 11 is 5.59. The zero-order chi connectivity index (χ0) is 12.5. The maximum atomic E-state index is 13.3. The van der Waals surface area contributed by atoms with Crippen LogP contribution < -0.4 is 0 Å². The van der Waals surface area contributed by atoms with Crippen molar-refractivity contribution in [1.82, 2.24) is 0 Å². The van der Waals surface area contributed by atoms with E-state index in [1.807, 2.05) is 0 Å². The molecule has 0 heterocycles. The number of hydrogen-bond acceptors (Lipinski definition) is 2. The van der Waals surface area contributed by atoms with Crippen LogP contribution >= 0.6 is 11.6 Å². The number of nitrogens with zero attached hydrogens (tertiary/aromatic N) is 1. The van der Waals surface area contributed by atoms with Crippen molar-refractivity contribution in [1.29, 1.82) is 5.26 Å². The number of carbonyl (C=O) groups is 1. The van der Waals surface area contributed by atoms with Gasteiger partial charge in [-0.2, -0.15) is 5.26 Å². The van der Waals surface area contributed by atoms with Crippen LogP contribution in [0.3, 0.4) is 0 Å². The van der Waals surface area contributed by atoms with Crippen LogP contribution in [-0.2, 0) is 11.2 Å². The minimum atomic E-state index is -0.958. The second-order valence-electron chi connectivity index (χ2n) is 4.40. The highest BCUT2D eigenvalue weighted by Gasteiger charge is 2.42. The normalized spacial score (nSPS) is 23.7. The van der Waals surface area contributed by atoms with Crippen LogP contribution in [0, 0.1) is 22.6 Å². The number of rotatable bonds is 2. The lowest BCUT2D eigenvalue weighted by atomic mass is 9.81. The standard InChI is InChI=1S/C13H11ClFNO/c14-10-4-3-9(6-11(10)15)7-13(8-16)5-1-2-12(13)17/h3-4,6H,1-2,5,7H2. The van der Waals surface area contributed by atoms with Gasteiger partial charge in [0.05, 0.1) is 11.1 Å². The molecule has 0 N–H and O–H groups in total. The van der Waals surface area contributed by atoms with Gasteiger partial charge in [0.2, 0.25) is 0 Å². The Bertz CT molecular complexity index is 509. The van der Waals surface area contributed by atoms with E-state index in [4.69, 9.17) is 11.6 Å². The zero-order valence-corrected chi connectivity index (χ0v) is 9.93. The molecule has 0 aliphatic heterocycles. The Morgan fingerprint density at radius 2 is 2.29 bits per heavy atom. The molecule has 2 nitrogen and oxygen atoms in total. The van der Waals surface area contributed by atoms with Gasteiger partial charge in [-0.1, -0.05) is 17.7 Å². The second-order valence-corrected chi connectivity index (χ2v) is 4.80. The molecule has 0 radical (unpaired) electrons. The molecule has 0 spiro atoms. The van der Waals surface area contributed by atoms with E-state index in [2.05, 4.69) is 6.07 Å². The van der Waals surface area contributed by atoms with Crippen LogP contribution in [0.1, 0.15) is 24.8 Å². The van der Waals surface area contributed by atoms with Crippen molar-refractivity contribution in [3.05, 3.63) is 34.6 Å². The van der Waals surface area contributed by atoms with Gasteiger partial charge in [-0.25, -0.2) is 4.39 Å². The van der Waals surface area contributed by atoms with Crippen molar-refractivity contribution in [3.8, 4) is 6.07 Å². The van der Waals surface area contributed by atoms with Crippen molar-refractivity contribution in [3.63, 3.8) is 0 Å². The lowest BCUT2D eigenvalue weighted by molar-refractivity contribution is -0.123. The molecule has 2 rings (SSSR count). The predicted octanol–water partition coefficient (Wildman–Crippen LogP) is 3.28. The van der Waals surface area contributed by atoms with Gasteiger partial charge < -0.3 is 0 Å². The van der Waals surface area contributed by atoms with Crippen LogP contribution in [-0.4, -0.2) is 5.78 Å². The van der Waals surface area contributed by atoms with Crippen molar-refractivity contribution in [2.24, 2.45) is 5.41 Å². The molecule has 1 aromatic carbocycles. The second kappa shape index (κ2) is 4.46. The number of nitriles is 1. The van der Waals surface area contributed by atoms with E-state index >= 15 is 0 Å². The highest BCUT2D eigenvalue weighted by Crippen LogP contribution is 2.37. The van der Waals surface area contributed by atoms with E-state index in [9.17, 15) is 14.4 Å². The molecule has 1 aliphatic rings. The van der Waals surface area contributed by atoms with Crippen LogP contribution in [0.25, 0.3) is 0 Å². The monoisotopic (exact) mass is 251 g/mol. The summed E-state index contributed by atoms with van der Waals surface area (Å²) < 4.78 is 13.3. The van der Waals surface area contributed by atoms with Gasteiger partial charge >= 0.3 is 0 Å². The highest BCUT2D eigenvalue weighted by atomic mass is 35.5. The Kier molecular flexibility index (Phi) is 3.17. The van der Waals surface area contributed by atoms with Crippen molar-refractivity contribution in [2.75, 3.05) is 0 Å². The van der Waals surface area contributed by atoms with Crippen LogP contribution in [0.5, 0.6) is 0 Å². The van der Waals surface area contributed by atoms with Crippen LogP contribution in [0.4, 0.5) is 4.39 Å². The van der Waals surface area contributed by atoms with E-state index in [-0.39, 0.29) is 17.2 Å². The highest BCUT2D eigenvalue weighted by molar-refractivity contribution is 6.30. The van der Waals surface area contributed by atoms with Gasteiger partial charge in [-0.3, -0.25) is 4.79 Å². The Labute approximate surface area is 104 Å². The third-order valence-corrected chi connectivity index (χ3v) is 3.55. The van der Waals surface area contributed by atoms with E-state index in [0.717, 1.165) is 6.42 Å². The Balaban J connectivity index is 2.28. The maximum absolute atomic E-state index is 13.3. The molecular weight excluding hydrogens is 241 g/mol. The average molecular weight is 252 g/mol. The summed E-state index contributed by atoms with van der Waals surface area (Å²) in [6.45, 7) is 0. The van der Waals surface area contributed by atoms with Gasteiger partial charge in [-0.15, -0.1) is 0 Å². The Morgan fingerprint density at radius 3 is 2.82 bits per heavy atom. The number of carbonyl (C=O) groups excluding carboxylic acids is 1. The maximum Gasteiger partial charge on any atom is 0.153 e. The van der Waals surface area contributed by atoms with E-state index in [1.54, 1.807) is 6.07 Å². The minimum absolute atomic E-state index is 0.0321. The molecule has 1 aliphatic carbocycles. The molecular formula is C13H11ClFNO. The molecule has 0 bridgehead atoms. The molecule has 1 aromatic rings. The molecule has 1 unspecified atom stereocenters. The summed E-state index contributed by atoms with van der Waals surface area (Å²) in [6.07, 6.45) is 2.02. The molecule has 0 amide bonds. The summed E-state index contributed by atoms with van der Waals surface area (Å²) in [7, 11) is 0. The minimum Gasteiger partial charge on any atom is -0.298 e. The Hall–Kier alpha value is -1.40. The first-order valence-electron chi connectivity index (χ1n) is 5.46. The summed E-state index contributed by atoms with van der Waals surface area (Å²) in [5, 5.41) is 9.23. The molecule has 1 saturated carbocycles. The smallest absolute Gasteiger partial charge is 0.153 e. The SMILES string of the molecule is N#CC1(Cc2ccc(Cl)c(F)c2)CCCC1=O. The summed E-state index contributed by atoms with van der Waals surface area (Å²) in [5.74, 6) is -0.543. The molecule has 0 saturated heterocycles. The number of halogens is 2. The van der Waals surface area contributed by atoms with E-state index in [0.29, 0.717) is 18.4 Å². The molecule has 17 heavy (non-hydrogen) atoms. The van der Waals surface area contributed by atoms with Crippen LogP contribution in [0.15, 0.2) is 18.2 Å². The summed E-state index contributed by atoms with van der Waals surface area (Å²) in [5.41, 5.74) is -0.316. The molecule has 1 fully saturated rings. The first kappa shape index (κ1) is 12.1. The number of ketones is 1. The number of benzene rings is 1. The first-order valence-corrected chi connectivity index (χ1v) is 5.84.